The lowest BCUT2D eigenvalue weighted by Crippen LogP contribution is -2.38. The Morgan fingerprint density at radius 2 is 1.66 bits per heavy atom. The number of hydrogen-bond donors (Lipinski definition) is 1. The summed E-state index contributed by atoms with van der Waals surface area (Å²) in [5.41, 5.74) is 0.769. The lowest BCUT2D eigenvalue weighted by Gasteiger charge is -2.28. The smallest absolute Gasteiger partial charge is 0.295 e. The summed E-state index contributed by atoms with van der Waals surface area (Å²) < 4.78 is 24.9. The van der Waals surface area contributed by atoms with Gasteiger partial charge in [-0.3, -0.25) is 9.59 Å². The SMILES string of the molecule is CCOc1ccc(/C(O)=C2/C(=O)C(=O)N(CCN(CC)CC)C2c2ccc(F)cc2)c(OCC)c1. The molecule has 2 aromatic carbocycles. The van der Waals surface area contributed by atoms with E-state index in [9.17, 15) is 19.1 Å². The minimum absolute atomic E-state index is 0.0498. The van der Waals surface area contributed by atoms with Gasteiger partial charge in [0.05, 0.1) is 30.4 Å². The van der Waals surface area contributed by atoms with E-state index in [2.05, 4.69) is 4.90 Å². The zero-order valence-electron chi connectivity index (χ0n) is 20.7. The second-order valence-electron chi connectivity index (χ2n) is 8.09. The van der Waals surface area contributed by atoms with Gasteiger partial charge in [0.2, 0.25) is 0 Å². The molecule has 1 atom stereocenters. The van der Waals surface area contributed by atoms with Crippen LogP contribution in [0.25, 0.3) is 5.76 Å². The van der Waals surface area contributed by atoms with E-state index in [4.69, 9.17) is 9.47 Å². The number of aliphatic hydroxyl groups excluding tert-OH is 1. The monoisotopic (exact) mass is 484 g/mol. The third-order valence-electron chi connectivity index (χ3n) is 6.10. The van der Waals surface area contributed by atoms with Crippen molar-refractivity contribution < 1.29 is 28.6 Å². The van der Waals surface area contributed by atoms with Crippen LogP contribution in [0.2, 0.25) is 0 Å². The van der Waals surface area contributed by atoms with E-state index < -0.39 is 23.5 Å². The molecule has 1 aliphatic rings. The van der Waals surface area contributed by atoms with Crippen molar-refractivity contribution in [2.24, 2.45) is 0 Å². The highest BCUT2D eigenvalue weighted by Crippen LogP contribution is 2.41. The average molecular weight is 485 g/mol. The van der Waals surface area contributed by atoms with Gasteiger partial charge in [-0.25, -0.2) is 4.39 Å². The molecule has 3 rings (SSSR count). The number of amides is 1. The number of aliphatic hydroxyl groups is 1. The Kier molecular flexibility index (Phi) is 8.87. The van der Waals surface area contributed by atoms with Crippen molar-refractivity contribution in [2.75, 3.05) is 39.4 Å². The highest BCUT2D eigenvalue weighted by Gasteiger charge is 2.46. The van der Waals surface area contributed by atoms with Crippen LogP contribution in [0.15, 0.2) is 48.0 Å². The standard InChI is InChI=1S/C27H33FN2O5/c1-5-29(6-2)15-16-30-24(18-9-11-19(28)12-10-18)23(26(32)27(30)33)25(31)21-14-13-20(34-7-3)17-22(21)35-8-4/h9-14,17,24,31H,5-8,15-16H2,1-4H3/b25-23-. The Hall–Kier alpha value is -3.39. The van der Waals surface area contributed by atoms with Crippen LogP contribution in [0.5, 0.6) is 11.5 Å². The number of benzene rings is 2. The number of hydrogen-bond acceptors (Lipinski definition) is 6. The molecular weight excluding hydrogens is 451 g/mol. The molecule has 1 unspecified atom stereocenters. The van der Waals surface area contributed by atoms with Crippen LogP contribution in [-0.2, 0) is 9.59 Å². The average Bonchev–Trinajstić information content (AvgIpc) is 3.10. The van der Waals surface area contributed by atoms with E-state index >= 15 is 0 Å². The fourth-order valence-corrected chi connectivity index (χ4v) is 4.27. The summed E-state index contributed by atoms with van der Waals surface area (Å²) in [6.07, 6.45) is 0. The summed E-state index contributed by atoms with van der Waals surface area (Å²) in [4.78, 5) is 30.0. The minimum Gasteiger partial charge on any atom is -0.507 e. The van der Waals surface area contributed by atoms with E-state index in [1.807, 2.05) is 27.7 Å². The number of Topliss-reactive ketones (excluding diaryl/α,β-unsaturated/α-hetero) is 1. The first-order valence-corrected chi connectivity index (χ1v) is 12.0. The van der Waals surface area contributed by atoms with Gasteiger partial charge in [0, 0.05) is 19.2 Å². The predicted octanol–water partition coefficient (Wildman–Crippen LogP) is 4.39. The van der Waals surface area contributed by atoms with Crippen molar-refractivity contribution in [1.82, 2.24) is 9.80 Å². The normalized spacial score (nSPS) is 17.3. The third kappa shape index (κ3) is 5.65. The molecule has 7 nitrogen and oxygen atoms in total. The van der Waals surface area contributed by atoms with Gasteiger partial charge < -0.3 is 24.4 Å². The molecule has 1 N–H and O–H groups in total. The molecular formula is C27H33FN2O5. The molecule has 0 aromatic heterocycles. The number of carbonyl (C=O) groups is 2. The van der Waals surface area contributed by atoms with Crippen LogP contribution in [0.4, 0.5) is 4.39 Å². The van der Waals surface area contributed by atoms with Crippen molar-refractivity contribution in [1.29, 1.82) is 0 Å². The van der Waals surface area contributed by atoms with Crippen LogP contribution in [0.3, 0.4) is 0 Å². The molecule has 0 bridgehead atoms. The maximum absolute atomic E-state index is 13.7. The van der Waals surface area contributed by atoms with Gasteiger partial charge >= 0.3 is 0 Å². The lowest BCUT2D eigenvalue weighted by atomic mass is 9.95. The number of likely N-dealkylation sites (N-methyl/N-ethyl adjacent to an activating group) is 1. The zero-order chi connectivity index (χ0) is 25.5. The highest BCUT2D eigenvalue weighted by molar-refractivity contribution is 6.46. The van der Waals surface area contributed by atoms with Crippen molar-refractivity contribution in [3.63, 3.8) is 0 Å². The molecule has 2 aromatic rings. The lowest BCUT2D eigenvalue weighted by molar-refractivity contribution is -0.140. The first-order valence-electron chi connectivity index (χ1n) is 12.0. The number of ether oxygens (including phenoxy) is 2. The molecule has 188 valence electrons. The van der Waals surface area contributed by atoms with Gasteiger partial charge in [-0.2, -0.15) is 0 Å². The highest BCUT2D eigenvalue weighted by atomic mass is 19.1. The molecule has 0 saturated carbocycles. The topological polar surface area (TPSA) is 79.3 Å². The van der Waals surface area contributed by atoms with Gasteiger partial charge in [-0.1, -0.05) is 26.0 Å². The number of likely N-dealkylation sites (tertiary alicyclic amines) is 1. The van der Waals surface area contributed by atoms with Gasteiger partial charge in [0.15, 0.2) is 0 Å². The van der Waals surface area contributed by atoms with Crippen LogP contribution in [0.1, 0.15) is 44.9 Å². The van der Waals surface area contributed by atoms with Crippen molar-refractivity contribution in [3.8, 4) is 11.5 Å². The van der Waals surface area contributed by atoms with Crippen molar-refractivity contribution >= 4 is 17.4 Å². The summed E-state index contributed by atoms with van der Waals surface area (Å²) in [5, 5.41) is 11.4. The Bertz CT molecular complexity index is 1080. The first-order chi connectivity index (χ1) is 16.9. The molecule has 0 aliphatic carbocycles. The first kappa shape index (κ1) is 26.2. The summed E-state index contributed by atoms with van der Waals surface area (Å²) in [7, 11) is 0. The van der Waals surface area contributed by atoms with Gasteiger partial charge in [0.25, 0.3) is 11.7 Å². The largest absolute Gasteiger partial charge is 0.507 e. The van der Waals surface area contributed by atoms with E-state index in [0.29, 0.717) is 36.8 Å². The van der Waals surface area contributed by atoms with Crippen molar-refractivity contribution in [2.45, 2.75) is 33.7 Å². The van der Waals surface area contributed by atoms with Crippen LogP contribution in [0, 0.1) is 5.82 Å². The quantitative estimate of drug-likeness (QED) is 0.290. The van der Waals surface area contributed by atoms with Gasteiger partial charge in [-0.15, -0.1) is 0 Å². The Balaban J connectivity index is 2.14. The van der Waals surface area contributed by atoms with Crippen LogP contribution < -0.4 is 9.47 Å². The summed E-state index contributed by atoms with van der Waals surface area (Å²) in [6, 6.07) is 9.69. The number of rotatable bonds is 11. The molecule has 35 heavy (non-hydrogen) atoms. The predicted molar refractivity (Wildman–Crippen MR) is 132 cm³/mol. The second kappa shape index (κ2) is 11.8. The van der Waals surface area contributed by atoms with E-state index in [0.717, 1.165) is 13.1 Å². The van der Waals surface area contributed by atoms with Crippen LogP contribution in [-0.4, -0.2) is 66.0 Å². The van der Waals surface area contributed by atoms with Crippen molar-refractivity contribution in [3.05, 3.63) is 65.0 Å². The summed E-state index contributed by atoms with van der Waals surface area (Å²) >= 11 is 0. The maximum atomic E-state index is 13.7. The molecule has 1 fully saturated rings. The Morgan fingerprint density at radius 3 is 2.26 bits per heavy atom. The number of carbonyl (C=O) groups excluding carboxylic acids is 2. The van der Waals surface area contributed by atoms with E-state index in [1.165, 1.54) is 29.2 Å². The summed E-state index contributed by atoms with van der Waals surface area (Å²) in [6.45, 7) is 10.9. The number of ketones is 1. The number of halogens is 1. The second-order valence-corrected chi connectivity index (χ2v) is 8.09. The van der Waals surface area contributed by atoms with Gasteiger partial charge in [0.1, 0.15) is 23.1 Å². The molecule has 1 saturated heterocycles. The fourth-order valence-electron chi connectivity index (χ4n) is 4.27. The Morgan fingerprint density at radius 1 is 1.00 bits per heavy atom. The molecule has 1 aliphatic heterocycles. The van der Waals surface area contributed by atoms with E-state index in [-0.39, 0.29) is 23.4 Å². The molecule has 0 spiro atoms. The Labute approximate surface area is 205 Å². The number of nitrogens with zero attached hydrogens (tertiary/aromatic N) is 2. The fraction of sp³-hybridized carbons (Fsp3) is 0.407. The minimum atomic E-state index is -0.854. The third-order valence-corrected chi connectivity index (χ3v) is 6.10. The van der Waals surface area contributed by atoms with Crippen LogP contribution >= 0.6 is 0 Å². The molecule has 1 amide bonds. The zero-order valence-corrected chi connectivity index (χ0v) is 20.7. The molecule has 8 heteroatoms. The van der Waals surface area contributed by atoms with E-state index in [1.54, 1.807) is 18.2 Å². The summed E-state index contributed by atoms with van der Waals surface area (Å²) in [5.74, 6) is -1.36. The molecule has 0 radical (unpaired) electrons. The molecule has 1 heterocycles. The van der Waals surface area contributed by atoms with Gasteiger partial charge in [-0.05, 0) is 56.8 Å². The maximum Gasteiger partial charge on any atom is 0.295 e.